The molecule has 1 N–H and O–H groups in total. The van der Waals surface area contributed by atoms with Crippen molar-refractivity contribution in [1.82, 2.24) is 5.32 Å². The molecule has 1 unspecified atom stereocenters. The predicted molar refractivity (Wildman–Crippen MR) is 84.9 cm³/mol. The summed E-state index contributed by atoms with van der Waals surface area (Å²) in [5, 5.41) is 2.34. The highest BCUT2D eigenvalue weighted by Crippen LogP contribution is 2.26. The number of hydrogen-bond acceptors (Lipinski definition) is 5. The number of ketones is 1. The minimum atomic E-state index is -5.25. The third-order valence-corrected chi connectivity index (χ3v) is 4.45. The summed E-state index contributed by atoms with van der Waals surface area (Å²) in [6, 6.07) is 4.79. The van der Waals surface area contributed by atoms with Crippen molar-refractivity contribution < 1.29 is 50.3 Å². The molecule has 13 heteroatoms. The number of aromatic nitrogens is 1. The van der Waals surface area contributed by atoms with Crippen molar-refractivity contribution in [1.29, 1.82) is 0 Å². The lowest BCUT2D eigenvalue weighted by Gasteiger charge is -2.11. The number of carbonyl (C=O) groups is 3. The first-order chi connectivity index (χ1) is 13.3. The van der Waals surface area contributed by atoms with E-state index in [1.54, 1.807) is 0 Å². The Hall–Kier alpha value is -2.96. The fourth-order valence-electron chi connectivity index (χ4n) is 2.06. The van der Waals surface area contributed by atoms with E-state index < -0.39 is 40.9 Å². The Balaban J connectivity index is 2.16. The van der Waals surface area contributed by atoms with Gasteiger partial charge >= 0.3 is 18.3 Å². The molecule has 0 aliphatic heterocycles. The number of alkyl halides is 6. The van der Waals surface area contributed by atoms with E-state index in [0.717, 1.165) is 18.3 Å². The summed E-state index contributed by atoms with van der Waals surface area (Å²) >= 11 is 0.309. The topological polar surface area (TPSA) is 76.3 Å². The van der Waals surface area contributed by atoms with Crippen LogP contribution in [-0.2, 0) is 4.79 Å². The van der Waals surface area contributed by atoms with Gasteiger partial charge in [-0.15, -0.1) is 11.3 Å². The maximum Gasteiger partial charge on any atom is 0.498 e. The molecular formula is C16H11F6N2O4S+. The van der Waals surface area contributed by atoms with Crippen LogP contribution in [0.4, 0.5) is 26.3 Å². The molecule has 2 rings (SSSR count). The number of Topliss-reactive ketones (excluding diaryl/α,β-unsaturated/α-hetero) is 1. The van der Waals surface area contributed by atoms with E-state index in [9.17, 15) is 40.7 Å². The lowest BCUT2D eigenvalue weighted by molar-refractivity contribution is -0.876. The molecule has 2 aromatic rings. The fraction of sp³-hybridized carbons (Fsp3) is 0.250. The Morgan fingerprint density at radius 1 is 1.00 bits per heavy atom. The Kier molecular flexibility index (Phi) is 6.30. The van der Waals surface area contributed by atoms with E-state index >= 15 is 0 Å². The minimum absolute atomic E-state index is 0.0541. The van der Waals surface area contributed by atoms with Gasteiger partial charge in [0, 0.05) is 16.9 Å². The summed E-state index contributed by atoms with van der Waals surface area (Å²) < 4.78 is 75.0. The summed E-state index contributed by atoms with van der Waals surface area (Å²) in [6.07, 6.45) is -9.33. The number of nitrogens with one attached hydrogen (secondary N) is 1. The van der Waals surface area contributed by atoms with Crippen LogP contribution in [0.5, 0.6) is 0 Å². The van der Waals surface area contributed by atoms with Crippen LogP contribution in [0.25, 0.3) is 0 Å². The van der Waals surface area contributed by atoms with Gasteiger partial charge in [0.25, 0.3) is 17.4 Å². The standard InChI is InChI=1S/C16H10F6N2O4S/c1-8(9-4-2-3-7-24(9)28-14(27)16(20,21)22)23-13(26)11-6-5-10(29-11)12(25)15(17,18)19/h2-8H,1H3/p+1. The molecule has 0 aliphatic rings. The van der Waals surface area contributed by atoms with E-state index in [4.69, 9.17) is 0 Å². The van der Waals surface area contributed by atoms with Gasteiger partial charge < -0.3 is 5.32 Å². The maximum atomic E-state index is 12.4. The highest BCUT2D eigenvalue weighted by atomic mass is 32.1. The third-order valence-electron chi connectivity index (χ3n) is 3.37. The summed E-state index contributed by atoms with van der Waals surface area (Å²) in [6.45, 7) is 1.35. The number of thiophene rings is 1. The number of pyridine rings is 1. The van der Waals surface area contributed by atoms with Gasteiger partial charge in [-0.2, -0.15) is 31.2 Å². The normalized spacial score (nSPS) is 12.9. The molecule has 29 heavy (non-hydrogen) atoms. The van der Waals surface area contributed by atoms with Gasteiger partial charge in [-0.3, -0.25) is 9.59 Å². The zero-order chi connectivity index (χ0) is 22.0. The van der Waals surface area contributed by atoms with E-state index in [1.165, 1.54) is 25.1 Å². The number of carbonyl (C=O) groups excluding carboxylic acids is 3. The number of halogens is 6. The van der Waals surface area contributed by atoms with Crippen LogP contribution in [0.15, 0.2) is 36.5 Å². The average molecular weight is 441 g/mol. The fourth-order valence-corrected chi connectivity index (χ4v) is 2.93. The van der Waals surface area contributed by atoms with Gasteiger partial charge in [-0.05, 0) is 25.1 Å². The SMILES string of the molecule is CC(NC(=O)c1ccc(C(=O)C(F)(F)F)s1)c1cccc[n+]1OC(=O)C(F)(F)F. The van der Waals surface area contributed by atoms with Gasteiger partial charge in [0.15, 0.2) is 0 Å². The molecule has 2 heterocycles. The molecule has 2 aromatic heterocycles. The number of nitrogens with zero attached hydrogens (tertiary/aromatic N) is 1. The molecule has 0 bridgehead atoms. The molecular weight excluding hydrogens is 430 g/mol. The van der Waals surface area contributed by atoms with Crippen LogP contribution in [0, 0.1) is 0 Å². The minimum Gasteiger partial charge on any atom is -0.339 e. The van der Waals surface area contributed by atoms with E-state index in [2.05, 4.69) is 10.2 Å². The number of hydrogen-bond donors (Lipinski definition) is 1. The van der Waals surface area contributed by atoms with Crippen LogP contribution in [0.3, 0.4) is 0 Å². The van der Waals surface area contributed by atoms with Gasteiger partial charge in [0.1, 0.15) is 6.04 Å². The molecule has 1 atom stereocenters. The van der Waals surface area contributed by atoms with Crippen molar-refractivity contribution in [2.24, 2.45) is 0 Å². The van der Waals surface area contributed by atoms with Gasteiger partial charge in [-0.25, -0.2) is 4.79 Å². The third kappa shape index (κ3) is 5.53. The summed E-state index contributed by atoms with van der Waals surface area (Å²) in [5.74, 6) is -5.46. The summed E-state index contributed by atoms with van der Waals surface area (Å²) in [7, 11) is 0. The van der Waals surface area contributed by atoms with Crippen LogP contribution < -0.4 is 14.9 Å². The van der Waals surface area contributed by atoms with Crippen molar-refractivity contribution >= 4 is 29.0 Å². The van der Waals surface area contributed by atoms with Crippen LogP contribution in [0.1, 0.15) is 38.0 Å². The van der Waals surface area contributed by atoms with Gasteiger partial charge in [0.2, 0.25) is 6.20 Å². The lowest BCUT2D eigenvalue weighted by atomic mass is 10.2. The first-order valence-corrected chi connectivity index (χ1v) is 8.44. The average Bonchev–Trinajstić information content (AvgIpc) is 3.09. The Labute approximate surface area is 162 Å². The van der Waals surface area contributed by atoms with E-state index in [0.29, 0.717) is 16.1 Å². The molecule has 0 spiro atoms. The zero-order valence-corrected chi connectivity index (χ0v) is 15.1. The zero-order valence-electron chi connectivity index (χ0n) is 14.3. The second kappa shape index (κ2) is 8.19. The molecule has 1 amide bonds. The maximum absolute atomic E-state index is 12.4. The van der Waals surface area contributed by atoms with E-state index in [1.807, 2.05) is 0 Å². The summed E-state index contributed by atoms with van der Waals surface area (Å²) in [5.41, 5.74) is -0.0541. The van der Waals surface area contributed by atoms with Crippen LogP contribution in [-0.4, -0.2) is 30.0 Å². The summed E-state index contributed by atoms with van der Waals surface area (Å²) in [4.78, 5) is 37.7. The van der Waals surface area contributed by atoms with Crippen LogP contribution >= 0.6 is 11.3 Å². The van der Waals surface area contributed by atoms with Gasteiger partial charge in [0.05, 0.1) is 9.75 Å². The van der Waals surface area contributed by atoms with Crippen molar-refractivity contribution in [3.05, 3.63) is 52.0 Å². The molecule has 0 aromatic carbocycles. The Morgan fingerprint density at radius 2 is 1.62 bits per heavy atom. The monoisotopic (exact) mass is 441 g/mol. The van der Waals surface area contributed by atoms with Crippen molar-refractivity contribution in [3.63, 3.8) is 0 Å². The Morgan fingerprint density at radius 3 is 2.21 bits per heavy atom. The Bertz CT molecular complexity index is 938. The first kappa shape index (κ1) is 22.3. The molecule has 0 aliphatic carbocycles. The van der Waals surface area contributed by atoms with Crippen molar-refractivity contribution in [3.8, 4) is 0 Å². The van der Waals surface area contributed by atoms with Gasteiger partial charge in [-0.1, -0.05) is 0 Å². The first-order valence-electron chi connectivity index (χ1n) is 7.63. The van der Waals surface area contributed by atoms with Crippen molar-refractivity contribution in [2.45, 2.75) is 25.3 Å². The molecule has 0 fully saturated rings. The second-order valence-corrected chi connectivity index (χ2v) is 6.60. The quantitative estimate of drug-likeness (QED) is 0.440. The van der Waals surface area contributed by atoms with Crippen molar-refractivity contribution in [2.75, 3.05) is 0 Å². The molecule has 156 valence electrons. The molecule has 0 saturated carbocycles. The molecule has 6 nitrogen and oxygen atoms in total. The number of rotatable bonds is 5. The predicted octanol–water partition coefficient (Wildman–Crippen LogP) is 2.79. The largest absolute Gasteiger partial charge is 0.498 e. The number of amides is 1. The van der Waals surface area contributed by atoms with Crippen LogP contribution in [0.2, 0.25) is 0 Å². The smallest absolute Gasteiger partial charge is 0.339 e. The highest BCUT2D eigenvalue weighted by Gasteiger charge is 2.45. The molecule has 0 saturated heterocycles. The van der Waals surface area contributed by atoms with E-state index in [-0.39, 0.29) is 10.6 Å². The second-order valence-electron chi connectivity index (χ2n) is 5.51. The highest BCUT2D eigenvalue weighted by molar-refractivity contribution is 7.16. The lowest BCUT2D eigenvalue weighted by Crippen LogP contribution is -2.54. The molecule has 0 radical (unpaired) electrons.